The summed E-state index contributed by atoms with van der Waals surface area (Å²) in [5.74, 6) is -0.481. The zero-order valence-electron chi connectivity index (χ0n) is 10.4. The number of benzene rings is 1. The second-order valence-electron chi connectivity index (χ2n) is 3.82. The smallest absolute Gasteiger partial charge is 0.270 e. The third-order valence-corrected chi connectivity index (χ3v) is 3.86. The summed E-state index contributed by atoms with van der Waals surface area (Å²) in [6.45, 7) is 0. The topological polar surface area (TPSA) is 69.5 Å². The van der Waals surface area contributed by atoms with Crippen LogP contribution in [0.25, 0.3) is 11.3 Å². The lowest BCUT2D eigenvalue weighted by Crippen LogP contribution is -2.15. The molecule has 0 saturated carbocycles. The summed E-state index contributed by atoms with van der Waals surface area (Å²) in [4.78, 5) is 18.5. The first-order chi connectivity index (χ1) is 9.62. The van der Waals surface area contributed by atoms with Crippen molar-refractivity contribution in [2.75, 3.05) is 6.26 Å². The van der Waals surface area contributed by atoms with Crippen molar-refractivity contribution in [2.45, 2.75) is 10.5 Å². The number of rotatable bonds is 3. The second-order valence-corrected chi connectivity index (χ2v) is 5.18. The van der Waals surface area contributed by atoms with Gasteiger partial charge >= 0.3 is 0 Å². The monoisotopic (exact) mass is 353 g/mol. The number of nitrogens with zero attached hydrogens (tertiary/aromatic N) is 2. The molecule has 7 heteroatoms. The molecule has 0 amide bonds. The van der Waals surface area contributed by atoms with Gasteiger partial charge in [0.1, 0.15) is 17.4 Å². The van der Waals surface area contributed by atoms with Gasteiger partial charge in [-0.25, -0.2) is 9.37 Å². The van der Waals surface area contributed by atoms with Gasteiger partial charge < -0.3 is 4.98 Å². The summed E-state index contributed by atoms with van der Waals surface area (Å²) in [7, 11) is 0. The van der Waals surface area contributed by atoms with Crippen LogP contribution in [0.3, 0.4) is 0 Å². The van der Waals surface area contributed by atoms with Crippen LogP contribution in [-0.4, -0.2) is 16.2 Å². The van der Waals surface area contributed by atoms with Crippen molar-refractivity contribution in [3.63, 3.8) is 0 Å². The van der Waals surface area contributed by atoms with E-state index in [1.807, 2.05) is 0 Å². The van der Waals surface area contributed by atoms with Crippen molar-refractivity contribution in [3.05, 3.63) is 45.5 Å². The molecule has 0 aliphatic rings. The Morgan fingerprint density at radius 2 is 2.30 bits per heavy atom. The summed E-state index contributed by atoms with van der Waals surface area (Å²) >= 11 is 4.41. The molecule has 1 aromatic carbocycles. The Bertz CT molecular complexity index is 754. The van der Waals surface area contributed by atoms with Gasteiger partial charge in [-0.15, -0.1) is 0 Å². The third-order valence-electron chi connectivity index (χ3n) is 2.68. The zero-order valence-corrected chi connectivity index (χ0v) is 12.8. The third kappa shape index (κ3) is 2.62. The number of halogens is 2. The maximum absolute atomic E-state index is 14.3. The molecule has 0 fully saturated rings. The van der Waals surface area contributed by atoms with E-state index in [9.17, 15) is 9.18 Å². The van der Waals surface area contributed by atoms with E-state index in [1.54, 1.807) is 24.5 Å². The maximum atomic E-state index is 14.3. The molecule has 0 atom stereocenters. The lowest BCUT2D eigenvalue weighted by Gasteiger charge is -2.08. The minimum atomic E-state index is -0.564. The van der Waals surface area contributed by atoms with E-state index in [0.29, 0.717) is 16.0 Å². The molecular weight excluding hydrogens is 345 g/mol. The van der Waals surface area contributed by atoms with E-state index in [2.05, 4.69) is 25.9 Å². The maximum Gasteiger partial charge on any atom is 0.270 e. The normalized spacial score (nSPS) is 10.3. The van der Waals surface area contributed by atoms with Crippen LogP contribution in [0, 0.1) is 17.1 Å². The number of alkyl halides is 1. The van der Waals surface area contributed by atoms with Gasteiger partial charge in [-0.2, -0.15) is 5.26 Å². The number of aromatic amines is 1. The quantitative estimate of drug-likeness (QED) is 0.523. The molecule has 1 aromatic heterocycles. The Labute approximate surface area is 127 Å². The molecule has 0 unspecified atom stereocenters. The highest BCUT2D eigenvalue weighted by atomic mass is 79.9. The van der Waals surface area contributed by atoms with Crippen LogP contribution < -0.4 is 5.56 Å². The van der Waals surface area contributed by atoms with Crippen LogP contribution in [0.4, 0.5) is 4.39 Å². The van der Waals surface area contributed by atoms with Gasteiger partial charge in [0.05, 0.1) is 5.69 Å². The average molecular weight is 354 g/mol. The van der Waals surface area contributed by atoms with Crippen LogP contribution in [0.15, 0.2) is 28.2 Å². The molecule has 20 heavy (non-hydrogen) atoms. The number of H-pyrrole nitrogens is 1. The molecule has 0 saturated heterocycles. The first-order valence-corrected chi connectivity index (χ1v) is 7.89. The first-order valence-electron chi connectivity index (χ1n) is 5.54. The fourth-order valence-corrected chi connectivity index (χ4v) is 2.52. The molecule has 2 rings (SSSR count). The minimum Gasteiger partial charge on any atom is -0.300 e. The summed E-state index contributed by atoms with van der Waals surface area (Å²) in [6.07, 6.45) is 1.74. The highest BCUT2D eigenvalue weighted by Crippen LogP contribution is 2.26. The number of nitriles is 1. The molecule has 1 heterocycles. The van der Waals surface area contributed by atoms with Crippen molar-refractivity contribution in [2.24, 2.45) is 0 Å². The van der Waals surface area contributed by atoms with Crippen molar-refractivity contribution in [1.29, 1.82) is 5.26 Å². The Balaban J connectivity index is 2.79. The summed E-state index contributed by atoms with van der Waals surface area (Å²) in [5.41, 5.74) is -0.0844. The summed E-state index contributed by atoms with van der Waals surface area (Å²) in [5, 5.41) is 9.77. The lowest BCUT2D eigenvalue weighted by molar-refractivity contribution is 0.620. The SMILES string of the molecule is CSc1nc(-c2cccc(CBr)c2F)c(C#N)c(=O)[nH]1. The van der Waals surface area contributed by atoms with Crippen LogP contribution >= 0.6 is 27.7 Å². The Morgan fingerprint density at radius 1 is 1.55 bits per heavy atom. The predicted octanol–water partition coefficient (Wildman–Crippen LogP) is 3.06. The van der Waals surface area contributed by atoms with Gasteiger partial charge in [0, 0.05) is 10.9 Å². The number of hydrogen-bond acceptors (Lipinski definition) is 4. The largest absolute Gasteiger partial charge is 0.300 e. The molecule has 0 aliphatic heterocycles. The molecule has 0 radical (unpaired) electrons. The van der Waals surface area contributed by atoms with Crippen LogP contribution in [0.5, 0.6) is 0 Å². The lowest BCUT2D eigenvalue weighted by atomic mass is 10.0. The Kier molecular flexibility index (Phi) is 4.57. The van der Waals surface area contributed by atoms with E-state index < -0.39 is 11.4 Å². The molecular formula is C13H9BrFN3OS. The van der Waals surface area contributed by atoms with E-state index in [0.717, 1.165) is 0 Å². The Morgan fingerprint density at radius 3 is 2.90 bits per heavy atom. The van der Waals surface area contributed by atoms with Crippen LogP contribution in [0.1, 0.15) is 11.1 Å². The van der Waals surface area contributed by atoms with E-state index in [-0.39, 0.29) is 16.8 Å². The average Bonchev–Trinajstić information content (AvgIpc) is 2.46. The number of nitrogens with one attached hydrogen (secondary N) is 1. The molecule has 102 valence electrons. The van der Waals surface area contributed by atoms with Crippen molar-refractivity contribution < 1.29 is 4.39 Å². The molecule has 2 aromatic rings. The fourth-order valence-electron chi connectivity index (χ4n) is 1.71. The molecule has 0 spiro atoms. The Hall–Kier alpha value is -1.65. The van der Waals surface area contributed by atoms with Gasteiger partial charge in [-0.3, -0.25) is 4.79 Å². The number of hydrogen-bond donors (Lipinski definition) is 1. The van der Waals surface area contributed by atoms with Gasteiger partial charge in [0.2, 0.25) is 0 Å². The van der Waals surface area contributed by atoms with Crippen molar-refractivity contribution in [3.8, 4) is 17.3 Å². The highest BCUT2D eigenvalue weighted by Gasteiger charge is 2.17. The van der Waals surface area contributed by atoms with E-state index in [1.165, 1.54) is 17.8 Å². The van der Waals surface area contributed by atoms with Gasteiger partial charge in [-0.1, -0.05) is 39.8 Å². The van der Waals surface area contributed by atoms with Crippen LogP contribution in [-0.2, 0) is 5.33 Å². The summed E-state index contributed by atoms with van der Waals surface area (Å²) in [6, 6.07) is 6.58. The van der Waals surface area contributed by atoms with E-state index >= 15 is 0 Å². The minimum absolute atomic E-state index is 0.0703. The van der Waals surface area contributed by atoms with Crippen molar-refractivity contribution in [1.82, 2.24) is 9.97 Å². The molecule has 0 aliphatic carbocycles. The van der Waals surface area contributed by atoms with Crippen LogP contribution in [0.2, 0.25) is 0 Å². The zero-order chi connectivity index (χ0) is 14.7. The summed E-state index contributed by atoms with van der Waals surface area (Å²) < 4.78 is 14.3. The molecule has 1 N–H and O–H groups in total. The predicted molar refractivity (Wildman–Crippen MR) is 79.4 cm³/mol. The highest BCUT2D eigenvalue weighted by molar-refractivity contribution is 9.08. The van der Waals surface area contributed by atoms with Gasteiger partial charge in [-0.05, 0) is 17.9 Å². The first kappa shape index (κ1) is 14.8. The molecule has 4 nitrogen and oxygen atoms in total. The number of thioether (sulfide) groups is 1. The van der Waals surface area contributed by atoms with Crippen molar-refractivity contribution >= 4 is 27.7 Å². The van der Waals surface area contributed by atoms with Gasteiger partial charge in [0.15, 0.2) is 5.16 Å². The fraction of sp³-hybridized carbons (Fsp3) is 0.154. The molecule has 0 bridgehead atoms. The second kappa shape index (κ2) is 6.20. The standard InChI is InChI=1S/C13H9BrFN3OS/c1-20-13-17-11(9(6-16)12(19)18-13)8-4-2-3-7(5-14)10(8)15/h2-4H,5H2,1H3,(H,17,18,19). The van der Waals surface area contributed by atoms with E-state index in [4.69, 9.17) is 5.26 Å². The van der Waals surface area contributed by atoms with Gasteiger partial charge in [0.25, 0.3) is 5.56 Å². The number of aromatic nitrogens is 2.